The number of rotatable bonds is 5. The summed E-state index contributed by atoms with van der Waals surface area (Å²) in [6.07, 6.45) is -0.434. The number of nitrogen functional groups attached to an aromatic ring is 1. The quantitative estimate of drug-likeness (QED) is 0.475. The van der Waals surface area contributed by atoms with Crippen LogP contribution in [-0.4, -0.2) is 36.6 Å². The molecule has 0 saturated heterocycles. The van der Waals surface area contributed by atoms with E-state index in [1.54, 1.807) is 24.4 Å². The van der Waals surface area contributed by atoms with Crippen molar-refractivity contribution in [3.05, 3.63) is 64.8 Å². The number of imidazole rings is 1. The molecule has 4 aromatic heterocycles. The second-order valence-electron chi connectivity index (χ2n) is 7.22. The molecule has 33 heavy (non-hydrogen) atoms. The zero-order valence-electron chi connectivity index (χ0n) is 17.3. The van der Waals surface area contributed by atoms with E-state index in [-0.39, 0.29) is 30.1 Å². The Morgan fingerprint density at radius 1 is 1.12 bits per heavy atom. The van der Waals surface area contributed by atoms with Crippen molar-refractivity contribution in [2.75, 3.05) is 12.3 Å². The van der Waals surface area contributed by atoms with E-state index in [0.717, 1.165) is 6.07 Å². The van der Waals surface area contributed by atoms with Gasteiger partial charge in [-0.1, -0.05) is 0 Å². The van der Waals surface area contributed by atoms with Crippen molar-refractivity contribution in [3.8, 4) is 22.5 Å². The summed E-state index contributed by atoms with van der Waals surface area (Å²) < 4.78 is 42.6. The number of carbonyl (C=O) groups excluding carboxylic acids is 1. The van der Waals surface area contributed by atoms with Gasteiger partial charge in [-0.05, 0) is 24.3 Å². The minimum absolute atomic E-state index is 0.147. The Labute approximate surface area is 184 Å². The molecule has 3 N–H and O–H groups in total. The molecule has 4 heterocycles. The average molecular weight is 457 g/mol. The summed E-state index contributed by atoms with van der Waals surface area (Å²) in [6.45, 7) is 1.93. The highest BCUT2D eigenvalue weighted by atomic mass is 19.4. The lowest BCUT2D eigenvalue weighted by Gasteiger charge is -2.11. The van der Waals surface area contributed by atoms with E-state index in [9.17, 15) is 22.8 Å². The molecule has 0 radical (unpaired) electrons. The number of nitrogens with two attached hydrogens (primary N) is 1. The highest BCUT2D eigenvalue weighted by Gasteiger charge is 2.34. The number of alkyl halides is 3. The SMILES string of the molecule is CC(=O)NCCn1cc(-c2ccc3ncc(-c4cnc(N)c(C(F)(F)F)c4)n3n2)ccc1=O. The van der Waals surface area contributed by atoms with Crippen molar-refractivity contribution in [2.45, 2.75) is 19.6 Å². The Hall–Kier alpha value is -4.22. The maximum atomic E-state index is 13.3. The van der Waals surface area contributed by atoms with Gasteiger partial charge in [0.15, 0.2) is 5.65 Å². The second kappa shape index (κ2) is 8.37. The molecule has 0 aliphatic heterocycles. The van der Waals surface area contributed by atoms with Crippen molar-refractivity contribution >= 4 is 17.4 Å². The number of hydrogen-bond donors (Lipinski definition) is 2. The third-order valence-corrected chi connectivity index (χ3v) is 4.89. The molecule has 0 unspecified atom stereocenters. The second-order valence-corrected chi connectivity index (χ2v) is 7.22. The fraction of sp³-hybridized carbons (Fsp3) is 0.190. The molecule has 0 atom stereocenters. The van der Waals surface area contributed by atoms with E-state index < -0.39 is 17.6 Å². The number of anilines is 1. The van der Waals surface area contributed by atoms with Gasteiger partial charge in [-0.25, -0.2) is 14.5 Å². The van der Waals surface area contributed by atoms with Crippen LogP contribution in [0.3, 0.4) is 0 Å². The van der Waals surface area contributed by atoms with Crippen LogP contribution in [-0.2, 0) is 17.5 Å². The number of pyridine rings is 2. The largest absolute Gasteiger partial charge is 0.419 e. The van der Waals surface area contributed by atoms with Gasteiger partial charge in [0.05, 0.1) is 23.1 Å². The van der Waals surface area contributed by atoms with E-state index >= 15 is 0 Å². The van der Waals surface area contributed by atoms with Gasteiger partial charge in [0.1, 0.15) is 5.82 Å². The molecule has 12 heteroatoms. The van der Waals surface area contributed by atoms with E-state index in [1.807, 2.05) is 0 Å². The molecule has 0 aliphatic rings. The van der Waals surface area contributed by atoms with Crippen molar-refractivity contribution in [2.24, 2.45) is 0 Å². The predicted molar refractivity (Wildman–Crippen MR) is 114 cm³/mol. The normalized spacial score (nSPS) is 11.6. The summed E-state index contributed by atoms with van der Waals surface area (Å²) in [5, 5.41) is 7.13. The lowest BCUT2D eigenvalue weighted by Crippen LogP contribution is -2.28. The summed E-state index contributed by atoms with van der Waals surface area (Å²) >= 11 is 0. The topological polar surface area (TPSA) is 120 Å². The van der Waals surface area contributed by atoms with E-state index in [4.69, 9.17) is 5.73 Å². The molecule has 0 bridgehead atoms. The van der Waals surface area contributed by atoms with Crippen LogP contribution in [0, 0.1) is 0 Å². The fourth-order valence-corrected chi connectivity index (χ4v) is 3.28. The molecule has 9 nitrogen and oxygen atoms in total. The van der Waals surface area contributed by atoms with E-state index in [2.05, 4.69) is 20.4 Å². The van der Waals surface area contributed by atoms with Gasteiger partial charge in [0.25, 0.3) is 5.56 Å². The number of nitrogens with zero attached hydrogens (tertiary/aromatic N) is 5. The first kappa shape index (κ1) is 22.0. The molecule has 0 saturated carbocycles. The highest BCUT2D eigenvalue weighted by Crippen LogP contribution is 2.35. The molecular weight excluding hydrogens is 439 g/mol. The molecule has 0 aromatic carbocycles. The number of amides is 1. The van der Waals surface area contributed by atoms with Crippen LogP contribution < -0.4 is 16.6 Å². The zero-order valence-corrected chi connectivity index (χ0v) is 17.3. The van der Waals surface area contributed by atoms with E-state index in [1.165, 1.54) is 34.5 Å². The maximum Gasteiger partial charge on any atom is 0.419 e. The summed E-state index contributed by atoms with van der Waals surface area (Å²) in [5.74, 6) is -0.819. The Bertz CT molecular complexity index is 1410. The highest BCUT2D eigenvalue weighted by molar-refractivity contribution is 5.72. The van der Waals surface area contributed by atoms with Crippen LogP contribution in [0.5, 0.6) is 0 Å². The summed E-state index contributed by atoms with van der Waals surface area (Å²) in [4.78, 5) is 31.1. The van der Waals surface area contributed by atoms with Crippen LogP contribution in [0.1, 0.15) is 12.5 Å². The van der Waals surface area contributed by atoms with Crippen molar-refractivity contribution in [1.82, 2.24) is 29.5 Å². The number of halogens is 3. The number of hydrogen-bond acceptors (Lipinski definition) is 6. The summed E-state index contributed by atoms with van der Waals surface area (Å²) in [5.41, 5.74) is 6.03. The molecule has 0 aliphatic carbocycles. The predicted octanol–water partition coefficient (Wildman–Crippen LogP) is 2.36. The molecule has 170 valence electrons. The smallest absolute Gasteiger partial charge is 0.383 e. The van der Waals surface area contributed by atoms with Crippen LogP contribution in [0.15, 0.2) is 53.7 Å². The first-order valence-corrected chi connectivity index (χ1v) is 9.76. The molecule has 0 spiro atoms. The fourth-order valence-electron chi connectivity index (χ4n) is 3.28. The minimum Gasteiger partial charge on any atom is -0.383 e. The summed E-state index contributed by atoms with van der Waals surface area (Å²) in [7, 11) is 0. The van der Waals surface area contributed by atoms with Gasteiger partial charge in [0.2, 0.25) is 5.91 Å². The maximum absolute atomic E-state index is 13.3. The number of nitrogens with one attached hydrogen (secondary N) is 1. The molecule has 4 aromatic rings. The summed E-state index contributed by atoms with van der Waals surface area (Å²) in [6, 6.07) is 7.22. The Kier molecular flexibility index (Phi) is 5.58. The first-order valence-electron chi connectivity index (χ1n) is 9.76. The minimum atomic E-state index is -4.66. The van der Waals surface area contributed by atoms with Gasteiger partial charge in [-0.15, -0.1) is 0 Å². The standard InChI is InChI=1S/C21H18F3N7O2/c1-12(32)26-6-7-30-11-13(2-5-19(30)33)16-3-4-18-27-10-17(31(18)29-16)14-8-15(21(22,23)24)20(25)28-9-14/h2-5,8-11H,6-7H2,1H3,(H2,25,28)(H,26,32). The molecular formula is C21H18F3N7O2. The van der Waals surface area contributed by atoms with Crippen LogP contribution in [0.2, 0.25) is 0 Å². The van der Waals surface area contributed by atoms with Crippen molar-refractivity contribution in [1.29, 1.82) is 0 Å². The van der Waals surface area contributed by atoms with Crippen LogP contribution in [0.25, 0.3) is 28.2 Å². The monoisotopic (exact) mass is 457 g/mol. The van der Waals surface area contributed by atoms with Gasteiger partial charge >= 0.3 is 6.18 Å². The molecule has 0 fully saturated rings. The van der Waals surface area contributed by atoms with Gasteiger partial charge in [-0.2, -0.15) is 18.3 Å². The number of aromatic nitrogens is 5. The van der Waals surface area contributed by atoms with Crippen molar-refractivity contribution < 1.29 is 18.0 Å². The molecule has 4 rings (SSSR count). The number of carbonyl (C=O) groups is 1. The molecule has 1 amide bonds. The van der Waals surface area contributed by atoms with Gasteiger partial charge in [-0.3, -0.25) is 9.59 Å². The zero-order chi connectivity index (χ0) is 23.8. The lowest BCUT2D eigenvalue weighted by molar-refractivity contribution is -0.137. The Morgan fingerprint density at radius 2 is 1.91 bits per heavy atom. The lowest BCUT2D eigenvalue weighted by atomic mass is 10.1. The third kappa shape index (κ3) is 4.54. The van der Waals surface area contributed by atoms with E-state index in [0.29, 0.717) is 22.6 Å². The van der Waals surface area contributed by atoms with Crippen molar-refractivity contribution in [3.63, 3.8) is 0 Å². The van der Waals surface area contributed by atoms with Gasteiger partial charge in [0, 0.05) is 49.6 Å². The number of fused-ring (bicyclic) bond motifs is 1. The Morgan fingerprint density at radius 3 is 2.64 bits per heavy atom. The van der Waals surface area contributed by atoms with Crippen LogP contribution >= 0.6 is 0 Å². The average Bonchev–Trinajstić information content (AvgIpc) is 3.17. The Balaban J connectivity index is 1.74. The third-order valence-electron chi connectivity index (χ3n) is 4.89. The first-order chi connectivity index (χ1) is 15.6. The van der Waals surface area contributed by atoms with Gasteiger partial charge < -0.3 is 15.6 Å². The van der Waals surface area contributed by atoms with Crippen LogP contribution in [0.4, 0.5) is 19.0 Å².